The minimum Gasteiger partial charge on any atom is -0.373 e. The van der Waals surface area contributed by atoms with Gasteiger partial charge in [-0.25, -0.2) is 0 Å². The summed E-state index contributed by atoms with van der Waals surface area (Å²) in [5, 5.41) is 0. The van der Waals surface area contributed by atoms with Crippen LogP contribution >= 0.6 is 0 Å². The third-order valence-corrected chi connectivity index (χ3v) is 4.35. The second kappa shape index (κ2) is 3.33. The van der Waals surface area contributed by atoms with Crippen molar-refractivity contribution < 1.29 is 4.74 Å². The van der Waals surface area contributed by atoms with Crippen molar-refractivity contribution >= 4 is 0 Å². The zero-order chi connectivity index (χ0) is 11.3. The van der Waals surface area contributed by atoms with Crippen molar-refractivity contribution in [3.63, 3.8) is 0 Å². The lowest BCUT2D eigenvalue weighted by molar-refractivity contribution is 0.124. The Morgan fingerprint density at radius 1 is 1.25 bits per heavy atom. The molecule has 1 heteroatoms. The van der Waals surface area contributed by atoms with Crippen LogP contribution in [-0.4, -0.2) is 12.7 Å². The SMILES string of the molecule is Cc1ccc(C)c(C2(C)CC([C@@H]3CO3)C2)c1. The first-order valence-corrected chi connectivity index (χ1v) is 6.28. The second-order valence-corrected chi connectivity index (χ2v) is 5.92. The van der Waals surface area contributed by atoms with Gasteiger partial charge >= 0.3 is 0 Å². The van der Waals surface area contributed by atoms with Crippen molar-refractivity contribution in [1.82, 2.24) is 0 Å². The quantitative estimate of drug-likeness (QED) is 0.690. The molecule has 0 spiro atoms. The molecule has 1 saturated heterocycles. The first kappa shape index (κ1) is 10.3. The molecule has 0 aromatic heterocycles. The fraction of sp³-hybridized carbons (Fsp3) is 0.600. The summed E-state index contributed by atoms with van der Waals surface area (Å²) in [5.41, 5.74) is 4.80. The van der Waals surface area contributed by atoms with Crippen molar-refractivity contribution in [2.24, 2.45) is 5.92 Å². The van der Waals surface area contributed by atoms with E-state index in [-0.39, 0.29) is 0 Å². The van der Waals surface area contributed by atoms with Crippen LogP contribution in [0.3, 0.4) is 0 Å². The van der Waals surface area contributed by atoms with Gasteiger partial charge in [0.2, 0.25) is 0 Å². The van der Waals surface area contributed by atoms with Crippen LogP contribution in [0.15, 0.2) is 18.2 Å². The van der Waals surface area contributed by atoms with E-state index in [1.165, 1.54) is 24.0 Å². The van der Waals surface area contributed by atoms with Gasteiger partial charge in [0.15, 0.2) is 0 Å². The van der Waals surface area contributed by atoms with E-state index >= 15 is 0 Å². The Balaban J connectivity index is 1.83. The van der Waals surface area contributed by atoms with E-state index in [0.717, 1.165) is 12.5 Å². The number of rotatable bonds is 2. The largest absolute Gasteiger partial charge is 0.373 e. The Kier molecular flexibility index (Phi) is 2.16. The molecule has 0 amide bonds. The summed E-state index contributed by atoms with van der Waals surface area (Å²) in [6.07, 6.45) is 3.21. The lowest BCUT2D eigenvalue weighted by Gasteiger charge is -2.46. The van der Waals surface area contributed by atoms with Gasteiger partial charge in [0.05, 0.1) is 12.7 Å². The van der Waals surface area contributed by atoms with E-state index < -0.39 is 0 Å². The molecule has 1 aromatic rings. The molecular formula is C15H20O. The monoisotopic (exact) mass is 216 g/mol. The summed E-state index contributed by atoms with van der Waals surface area (Å²) in [6, 6.07) is 6.85. The fourth-order valence-electron chi connectivity index (χ4n) is 3.29. The Morgan fingerprint density at radius 2 is 1.94 bits per heavy atom. The number of ether oxygens (including phenoxy) is 1. The molecule has 1 aliphatic heterocycles. The second-order valence-electron chi connectivity index (χ2n) is 5.92. The average Bonchev–Trinajstić information content (AvgIpc) is 3.00. The molecule has 1 aromatic carbocycles. The normalized spacial score (nSPS) is 36.9. The number of hydrogen-bond donors (Lipinski definition) is 0. The average molecular weight is 216 g/mol. The third kappa shape index (κ3) is 1.58. The minimum atomic E-state index is 0.409. The number of epoxide rings is 1. The van der Waals surface area contributed by atoms with E-state index in [4.69, 9.17) is 4.74 Å². The van der Waals surface area contributed by atoms with Crippen molar-refractivity contribution in [2.75, 3.05) is 6.61 Å². The highest BCUT2D eigenvalue weighted by Crippen LogP contribution is 2.52. The Bertz CT molecular complexity index is 411. The lowest BCUT2D eigenvalue weighted by atomic mass is 9.58. The Labute approximate surface area is 97.8 Å². The van der Waals surface area contributed by atoms with Gasteiger partial charge in [0, 0.05) is 0 Å². The van der Waals surface area contributed by atoms with E-state index in [9.17, 15) is 0 Å². The van der Waals surface area contributed by atoms with Gasteiger partial charge in [-0.1, -0.05) is 30.7 Å². The van der Waals surface area contributed by atoms with Crippen molar-refractivity contribution in [2.45, 2.75) is 45.1 Å². The van der Waals surface area contributed by atoms with Crippen LogP contribution in [0.1, 0.15) is 36.5 Å². The summed E-state index contributed by atoms with van der Waals surface area (Å²) >= 11 is 0. The fourth-order valence-corrected chi connectivity index (χ4v) is 3.29. The van der Waals surface area contributed by atoms with E-state index in [0.29, 0.717) is 11.5 Å². The molecule has 1 nitrogen and oxygen atoms in total. The van der Waals surface area contributed by atoms with E-state index in [1.807, 2.05) is 0 Å². The first-order chi connectivity index (χ1) is 7.58. The smallest absolute Gasteiger partial charge is 0.0838 e. The van der Waals surface area contributed by atoms with E-state index in [2.05, 4.69) is 39.0 Å². The third-order valence-electron chi connectivity index (χ3n) is 4.35. The molecular weight excluding hydrogens is 196 g/mol. The summed E-state index contributed by atoms with van der Waals surface area (Å²) < 4.78 is 5.40. The number of benzene rings is 1. The van der Waals surface area contributed by atoms with Gasteiger partial charge in [0.1, 0.15) is 0 Å². The Hall–Kier alpha value is -0.820. The van der Waals surface area contributed by atoms with Crippen molar-refractivity contribution in [1.29, 1.82) is 0 Å². The minimum absolute atomic E-state index is 0.409. The van der Waals surface area contributed by atoms with Gasteiger partial charge in [-0.3, -0.25) is 0 Å². The van der Waals surface area contributed by atoms with Crippen molar-refractivity contribution in [3.05, 3.63) is 34.9 Å². The maximum absolute atomic E-state index is 5.40. The topological polar surface area (TPSA) is 12.5 Å². The molecule has 2 aliphatic rings. The van der Waals surface area contributed by atoms with Gasteiger partial charge in [-0.05, 0) is 49.1 Å². The predicted octanol–water partition coefficient (Wildman–Crippen LogP) is 3.37. The molecule has 1 heterocycles. The summed E-state index contributed by atoms with van der Waals surface area (Å²) in [7, 11) is 0. The number of aryl methyl sites for hydroxylation is 2. The van der Waals surface area contributed by atoms with Gasteiger partial charge in [-0.2, -0.15) is 0 Å². The molecule has 1 aliphatic carbocycles. The predicted molar refractivity (Wildman–Crippen MR) is 65.7 cm³/mol. The van der Waals surface area contributed by atoms with Crippen LogP contribution < -0.4 is 0 Å². The molecule has 0 unspecified atom stereocenters. The van der Waals surface area contributed by atoms with Gasteiger partial charge < -0.3 is 4.74 Å². The molecule has 16 heavy (non-hydrogen) atoms. The Morgan fingerprint density at radius 3 is 2.56 bits per heavy atom. The highest BCUT2D eigenvalue weighted by Gasteiger charge is 2.49. The number of hydrogen-bond acceptors (Lipinski definition) is 1. The standard InChI is InChI=1S/C15H20O/c1-10-4-5-11(2)13(6-10)15(3)7-12(8-15)14-9-16-14/h4-6,12,14H,7-9H2,1-3H3/t12?,14-,15?/m0/s1. The molecule has 0 bridgehead atoms. The van der Waals surface area contributed by atoms with Crippen LogP contribution in [-0.2, 0) is 10.2 Å². The molecule has 0 N–H and O–H groups in total. The maximum Gasteiger partial charge on any atom is 0.0838 e. The van der Waals surface area contributed by atoms with Crippen LogP contribution in [0.25, 0.3) is 0 Å². The zero-order valence-corrected chi connectivity index (χ0v) is 10.4. The summed E-state index contributed by atoms with van der Waals surface area (Å²) in [4.78, 5) is 0. The zero-order valence-electron chi connectivity index (χ0n) is 10.4. The summed E-state index contributed by atoms with van der Waals surface area (Å²) in [6.45, 7) is 7.84. The highest BCUT2D eigenvalue weighted by atomic mass is 16.6. The van der Waals surface area contributed by atoms with E-state index in [1.54, 1.807) is 5.56 Å². The molecule has 1 atom stereocenters. The van der Waals surface area contributed by atoms with Gasteiger partial charge in [0.25, 0.3) is 0 Å². The molecule has 1 saturated carbocycles. The summed E-state index contributed by atoms with van der Waals surface area (Å²) in [5.74, 6) is 0.824. The molecule has 3 rings (SSSR count). The first-order valence-electron chi connectivity index (χ1n) is 6.28. The molecule has 2 fully saturated rings. The van der Waals surface area contributed by atoms with Crippen LogP contribution in [0.4, 0.5) is 0 Å². The molecule has 86 valence electrons. The van der Waals surface area contributed by atoms with Crippen LogP contribution in [0, 0.1) is 19.8 Å². The molecule has 0 radical (unpaired) electrons. The lowest BCUT2D eigenvalue weighted by Crippen LogP contribution is -2.41. The van der Waals surface area contributed by atoms with Crippen LogP contribution in [0.5, 0.6) is 0 Å². The maximum atomic E-state index is 5.40. The van der Waals surface area contributed by atoms with Crippen LogP contribution in [0.2, 0.25) is 0 Å². The highest BCUT2D eigenvalue weighted by molar-refractivity contribution is 5.38. The van der Waals surface area contributed by atoms with Gasteiger partial charge in [-0.15, -0.1) is 0 Å². The van der Waals surface area contributed by atoms with Crippen molar-refractivity contribution in [3.8, 4) is 0 Å².